The number of ether oxygens (including phenoxy) is 1. The van der Waals surface area contributed by atoms with Crippen molar-refractivity contribution in [3.05, 3.63) is 18.3 Å². The minimum atomic E-state index is 0.633. The van der Waals surface area contributed by atoms with Crippen molar-refractivity contribution in [3.8, 4) is 5.88 Å². The van der Waals surface area contributed by atoms with Gasteiger partial charge in [0.05, 0.1) is 7.11 Å². The Morgan fingerprint density at radius 1 is 1.35 bits per heavy atom. The second-order valence-corrected chi connectivity index (χ2v) is 5.22. The molecule has 1 aromatic heterocycles. The molecule has 0 bridgehead atoms. The first-order valence-corrected chi connectivity index (χ1v) is 7.47. The van der Waals surface area contributed by atoms with Crippen LogP contribution < -0.4 is 15.4 Å². The van der Waals surface area contributed by atoms with Crippen LogP contribution in [0.15, 0.2) is 18.3 Å². The molecule has 0 aliphatic carbocycles. The highest BCUT2D eigenvalue weighted by Gasteiger charge is 2.22. The normalized spacial score (nSPS) is 18.1. The van der Waals surface area contributed by atoms with Gasteiger partial charge in [-0.25, -0.2) is 4.98 Å². The Morgan fingerprint density at radius 2 is 2.10 bits per heavy atom. The summed E-state index contributed by atoms with van der Waals surface area (Å²) in [7, 11) is 1.66. The summed E-state index contributed by atoms with van der Waals surface area (Å²) in [4.78, 5) is 9.13. The lowest BCUT2D eigenvalue weighted by molar-refractivity contribution is 0.173. The van der Waals surface area contributed by atoms with E-state index in [0.717, 1.165) is 39.1 Å². The molecule has 1 aliphatic rings. The minimum Gasteiger partial charge on any atom is -0.481 e. The third-order valence-corrected chi connectivity index (χ3v) is 4.09. The van der Waals surface area contributed by atoms with Gasteiger partial charge in [-0.15, -0.1) is 0 Å². The second kappa shape index (κ2) is 7.45. The molecule has 1 aromatic rings. The van der Waals surface area contributed by atoms with Crippen LogP contribution in [0.1, 0.15) is 19.8 Å². The van der Waals surface area contributed by atoms with Gasteiger partial charge in [-0.05, 0) is 25.5 Å². The van der Waals surface area contributed by atoms with E-state index in [1.54, 1.807) is 7.11 Å². The highest BCUT2D eigenvalue weighted by molar-refractivity contribution is 5.48. The monoisotopic (exact) mass is 278 g/mol. The van der Waals surface area contributed by atoms with Crippen molar-refractivity contribution in [1.82, 2.24) is 9.88 Å². The molecule has 1 unspecified atom stereocenters. The highest BCUT2D eigenvalue weighted by Crippen LogP contribution is 2.21. The number of hydrogen-bond donors (Lipinski definition) is 1. The second-order valence-electron chi connectivity index (χ2n) is 5.22. The molecule has 5 heteroatoms. The van der Waals surface area contributed by atoms with Gasteiger partial charge in [0.1, 0.15) is 0 Å². The van der Waals surface area contributed by atoms with Gasteiger partial charge in [-0.3, -0.25) is 4.90 Å². The molecule has 20 heavy (non-hydrogen) atoms. The van der Waals surface area contributed by atoms with Crippen LogP contribution in [0.2, 0.25) is 0 Å². The van der Waals surface area contributed by atoms with Crippen molar-refractivity contribution in [2.75, 3.05) is 44.7 Å². The van der Waals surface area contributed by atoms with Gasteiger partial charge < -0.3 is 15.4 Å². The third-order valence-electron chi connectivity index (χ3n) is 4.09. The van der Waals surface area contributed by atoms with Gasteiger partial charge in [0.25, 0.3) is 0 Å². The maximum atomic E-state index is 5.70. The van der Waals surface area contributed by atoms with E-state index in [-0.39, 0.29) is 0 Å². The zero-order valence-electron chi connectivity index (χ0n) is 12.6. The minimum absolute atomic E-state index is 0.633. The maximum Gasteiger partial charge on any atom is 0.214 e. The summed E-state index contributed by atoms with van der Waals surface area (Å²) < 4.78 is 5.19. The first kappa shape index (κ1) is 15.1. The van der Waals surface area contributed by atoms with E-state index in [4.69, 9.17) is 10.5 Å². The van der Waals surface area contributed by atoms with Crippen molar-refractivity contribution in [2.45, 2.75) is 25.8 Å². The molecule has 5 nitrogen and oxygen atoms in total. The molecule has 2 heterocycles. The summed E-state index contributed by atoms with van der Waals surface area (Å²) in [6.45, 7) is 7.33. The molecule has 1 fully saturated rings. The largest absolute Gasteiger partial charge is 0.481 e. The average Bonchev–Trinajstić information content (AvgIpc) is 2.53. The Morgan fingerprint density at radius 3 is 2.70 bits per heavy atom. The number of anilines is 1. The van der Waals surface area contributed by atoms with Crippen molar-refractivity contribution >= 4 is 5.69 Å². The Balaban J connectivity index is 1.93. The van der Waals surface area contributed by atoms with Crippen LogP contribution in [0.5, 0.6) is 5.88 Å². The fraction of sp³-hybridized carbons (Fsp3) is 0.667. The number of nitrogens with two attached hydrogens (primary N) is 1. The topological polar surface area (TPSA) is 54.6 Å². The molecule has 0 spiro atoms. The molecule has 1 atom stereocenters. The molecule has 2 N–H and O–H groups in total. The molecule has 0 amide bonds. The van der Waals surface area contributed by atoms with E-state index in [2.05, 4.69) is 27.8 Å². The quantitative estimate of drug-likeness (QED) is 0.851. The van der Waals surface area contributed by atoms with Gasteiger partial charge in [-0.2, -0.15) is 0 Å². The number of rotatable bonds is 6. The lowest BCUT2D eigenvalue weighted by Crippen LogP contribution is -2.50. The van der Waals surface area contributed by atoms with Crippen LogP contribution in [0.25, 0.3) is 0 Å². The number of nitrogens with zero attached hydrogens (tertiary/aromatic N) is 3. The molecule has 1 aliphatic heterocycles. The van der Waals surface area contributed by atoms with Gasteiger partial charge >= 0.3 is 0 Å². The van der Waals surface area contributed by atoms with Crippen LogP contribution in [0, 0.1) is 0 Å². The Bertz CT molecular complexity index is 405. The van der Waals surface area contributed by atoms with Gasteiger partial charge in [0, 0.05) is 50.2 Å². The number of piperazine rings is 1. The van der Waals surface area contributed by atoms with Crippen molar-refractivity contribution in [1.29, 1.82) is 0 Å². The van der Waals surface area contributed by atoms with Crippen LogP contribution in [0.4, 0.5) is 5.69 Å². The van der Waals surface area contributed by atoms with Crippen LogP contribution >= 0.6 is 0 Å². The fourth-order valence-electron chi connectivity index (χ4n) is 2.89. The number of aromatic nitrogens is 1. The fourth-order valence-corrected chi connectivity index (χ4v) is 2.89. The lowest BCUT2D eigenvalue weighted by atomic mass is 10.1. The standard InChI is InChI=1S/C15H26N4O/c1-3-13(4-6-16)18-8-10-19(11-9-18)14-5-7-17-15(12-14)20-2/h5,7,12-13H,3-4,6,8-11,16H2,1-2H3. The summed E-state index contributed by atoms with van der Waals surface area (Å²) in [5, 5.41) is 0. The SMILES string of the molecule is CCC(CCN)N1CCN(c2ccnc(OC)c2)CC1. The first-order valence-electron chi connectivity index (χ1n) is 7.47. The molecule has 112 valence electrons. The summed E-state index contributed by atoms with van der Waals surface area (Å²) in [6, 6.07) is 4.69. The molecule has 0 aromatic carbocycles. The van der Waals surface area contributed by atoms with Crippen LogP contribution in [-0.2, 0) is 0 Å². The number of methoxy groups -OCH3 is 1. The molecular formula is C15H26N4O. The summed E-state index contributed by atoms with van der Waals surface area (Å²) >= 11 is 0. The van der Waals surface area contributed by atoms with Crippen LogP contribution in [0.3, 0.4) is 0 Å². The third kappa shape index (κ3) is 3.61. The van der Waals surface area contributed by atoms with Crippen molar-refractivity contribution in [3.63, 3.8) is 0 Å². The zero-order valence-corrected chi connectivity index (χ0v) is 12.6. The summed E-state index contributed by atoms with van der Waals surface area (Å²) in [5.74, 6) is 0.680. The van der Waals surface area contributed by atoms with Crippen molar-refractivity contribution < 1.29 is 4.74 Å². The Labute approximate surface area is 121 Å². The average molecular weight is 278 g/mol. The van der Waals surface area contributed by atoms with E-state index in [9.17, 15) is 0 Å². The van der Waals surface area contributed by atoms with Crippen LogP contribution in [-0.4, -0.2) is 55.8 Å². The molecular weight excluding hydrogens is 252 g/mol. The number of hydrogen-bond acceptors (Lipinski definition) is 5. The smallest absolute Gasteiger partial charge is 0.214 e. The predicted octanol–water partition coefficient (Wildman–Crippen LogP) is 1.34. The van der Waals surface area contributed by atoms with E-state index >= 15 is 0 Å². The van der Waals surface area contributed by atoms with E-state index in [0.29, 0.717) is 11.9 Å². The lowest BCUT2D eigenvalue weighted by Gasteiger charge is -2.40. The summed E-state index contributed by atoms with van der Waals surface area (Å²) in [5.41, 5.74) is 6.90. The zero-order chi connectivity index (χ0) is 14.4. The Kier molecular flexibility index (Phi) is 5.61. The van der Waals surface area contributed by atoms with Gasteiger partial charge in [0.15, 0.2) is 0 Å². The van der Waals surface area contributed by atoms with E-state index in [1.807, 2.05) is 12.3 Å². The highest BCUT2D eigenvalue weighted by atomic mass is 16.5. The molecule has 1 saturated heterocycles. The van der Waals surface area contributed by atoms with Gasteiger partial charge in [0.2, 0.25) is 5.88 Å². The van der Waals surface area contributed by atoms with Crippen molar-refractivity contribution in [2.24, 2.45) is 5.73 Å². The van der Waals surface area contributed by atoms with E-state index in [1.165, 1.54) is 12.1 Å². The van der Waals surface area contributed by atoms with E-state index < -0.39 is 0 Å². The number of pyridine rings is 1. The van der Waals surface area contributed by atoms with Gasteiger partial charge in [-0.1, -0.05) is 6.92 Å². The Hall–Kier alpha value is -1.33. The first-order chi connectivity index (χ1) is 9.78. The maximum absolute atomic E-state index is 5.70. The molecule has 0 saturated carbocycles. The summed E-state index contributed by atoms with van der Waals surface area (Å²) in [6.07, 6.45) is 4.09. The molecule has 2 rings (SSSR count). The predicted molar refractivity (Wildman–Crippen MR) is 82.3 cm³/mol. The molecule has 0 radical (unpaired) electrons.